The van der Waals surface area contributed by atoms with Crippen LogP contribution in [0.5, 0.6) is 0 Å². The van der Waals surface area contributed by atoms with Crippen molar-refractivity contribution in [3.63, 3.8) is 0 Å². The lowest BCUT2D eigenvalue weighted by Gasteiger charge is -2.37. The largest absolute Gasteiger partial charge is 0.330 e. The Morgan fingerprint density at radius 3 is 2.67 bits per heavy atom. The Bertz CT molecular complexity index is 718. The molecule has 1 aromatic heterocycles. The maximum absolute atomic E-state index is 13.3. The van der Waals surface area contributed by atoms with Gasteiger partial charge in [-0.2, -0.15) is 0 Å². The Morgan fingerprint density at radius 2 is 2.00 bits per heavy atom. The van der Waals surface area contributed by atoms with E-state index in [1.165, 1.54) is 22.6 Å². The maximum atomic E-state index is 13.3. The van der Waals surface area contributed by atoms with Crippen molar-refractivity contribution in [2.75, 3.05) is 13.1 Å². The molecule has 0 fully saturated rings. The third kappa shape index (κ3) is 3.68. The molecule has 0 unspecified atom stereocenters. The lowest BCUT2D eigenvalue weighted by molar-refractivity contribution is -0.132. The number of nitrogens with one attached hydrogen (secondary N) is 1. The van der Waals surface area contributed by atoms with Gasteiger partial charge in [-0.25, -0.2) is 4.39 Å². The van der Waals surface area contributed by atoms with Crippen LogP contribution in [-0.4, -0.2) is 29.4 Å². The quantitative estimate of drug-likeness (QED) is 0.918. The zero-order valence-corrected chi connectivity index (χ0v) is 15.1. The average Bonchev–Trinajstić information content (AvgIpc) is 3.00. The predicted molar refractivity (Wildman–Crippen MR) is 95.7 cm³/mol. The first-order chi connectivity index (χ1) is 11.3. The number of hydrogen-bond donors (Lipinski definition) is 1. The van der Waals surface area contributed by atoms with E-state index in [0.29, 0.717) is 13.1 Å². The molecule has 5 heteroatoms. The second-order valence-corrected chi connectivity index (χ2v) is 8.19. The van der Waals surface area contributed by atoms with Crippen LogP contribution in [0, 0.1) is 5.82 Å². The first kappa shape index (κ1) is 17.1. The standard InChI is InChI=1S/C19H23FN2OS/c1-19(2,3)21-12-17(23)22-10-8-16-15(9-11-24-16)18(22)13-4-6-14(20)7-5-13/h4-7,9,11,18,21H,8,10,12H2,1-3H3/t18-/m1/s1. The maximum Gasteiger partial charge on any atom is 0.237 e. The van der Waals surface area contributed by atoms with Crippen molar-refractivity contribution in [3.05, 3.63) is 57.5 Å². The first-order valence-corrected chi connectivity index (χ1v) is 9.09. The molecule has 3 nitrogen and oxygen atoms in total. The third-order valence-corrected chi connectivity index (χ3v) is 5.24. The van der Waals surface area contributed by atoms with Gasteiger partial charge >= 0.3 is 0 Å². The van der Waals surface area contributed by atoms with E-state index in [4.69, 9.17) is 0 Å². The molecule has 1 atom stereocenters. The molecule has 3 rings (SSSR count). The molecule has 0 radical (unpaired) electrons. The third-order valence-electron chi connectivity index (χ3n) is 4.24. The van der Waals surface area contributed by atoms with Gasteiger partial charge in [-0.15, -0.1) is 11.3 Å². The molecule has 1 aromatic carbocycles. The molecule has 2 heterocycles. The number of hydrogen-bond acceptors (Lipinski definition) is 3. The molecule has 128 valence electrons. The van der Waals surface area contributed by atoms with Crippen LogP contribution >= 0.6 is 11.3 Å². The van der Waals surface area contributed by atoms with Crippen molar-refractivity contribution in [2.24, 2.45) is 0 Å². The van der Waals surface area contributed by atoms with Gasteiger partial charge in [0.05, 0.1) is 12.6 Å². The molecule has 0 aliphatic carbocycles. The molecule has 1 aliphatic heterocycles. The molecule has 0 spiro atoms. The molecule has 1 aliphatic rings. The van der Waals surface area contributed by atoms with E-state index < -0.39 is 0 Å². The number of fused-ring (bicyclic) bond motifs is 1. The fraction of sp³-hybridized carbons (Fsp3) is 0.421. The molecule has 1 N–H and O–H groups in total. The molecule has 1 amide bonds. The van der Waals surface area contributed by atoms with Crippen molar-refractivity contribution in [1.82, 2.24) is 10.2 Å². The van der Waals surface area contributed by atoms with Gasteiger partial charge < -0.3 is 10.2 Å². The Morgan fingerprint density at radius 1 is 1.29 bits per heavy atom. The van der Waals surface area contributed by atoms with E-state index in [1.54, 1.807) is 23.5 Å². The Hall–Kier alpha value is -1.72. The van der Waals surface area contributed by atoms with Gasteiger partial charge in [-0.3, -0.25) is 4.79 Å². The number of carbonyl (C=O) groups excluding carboxylic acids is 1. The van der Waals surface area contributed by atoms with Crippen LogP contribution in [0.3, 0.4) is 0 Å². The van der Waals surface area contributed by atoms with Crippen LogP contribution in [0.25, 0.3) is 0 Å². The number of amides is 1. The zero-order chi connectivity index (χ0) is 17.3. The molecular weight excluding hydrogens is 323 g/mol. The van der Waals surface area contributed by atoms with Crippen LogP contribution < -0.4 is 5.32 Å². The SMILES string of the molecule is CC(C)(C)NCC(=O)N1CCc2sccc2[C@H]1c1ccc(F)cc1. The summed E-state index contributed by atoms with van der Waals surface area (Å²) >= 11 is 1.73. The molecule has 0 saturated carbocycles. The van der Waals surface area contributed by atoms with Gasteiger partial charge in [-0.05, 0) is 61.9 Å². The summed E-state index contributed by atoms with van der Waals surface area (Å²) in [5.74, 6) is -0.177. The Balaban J connectivity index is 1.90. The fourth-order valence-corrected chi connectivity index (χ4v) is 3.94. The minimum absolute atomic E-state index is 0.0797. The summed E-state index contributed by atoms with van der Waals surface area (Å²) < 4.78 is 13.3. The van der Waals surface area contributed by atoms with E-state index in [-0.39, 0.29) is 23.3 Å². The normalized spacial score (nSPS) is 17.7. The second-order valence-electron chi connectivity index (χ2n) is 7.19. The van der Waals surface area contributed by atoms with Crippen LogP contribution in [0.15, 0.2) is 35.7 Å². The van der Waals surface area contributed by atoms with Crippen LogP contribution in [-0.2, 0) is 11.2 Å². The van der Waals surface area contributed by atoms with E-state index in [2.05, 4.69) is 16.8 Å². The summed E-state index contributed by atoms with van der Waals surface area (Å²) in [7, 11) is 0. The molecule has 24 heavy (non-hydrogen) atoms. The van der Waals surface area contributed by atoms with Crippen molar-refractivity contribution >= 4 is 17.2 Å². The smallest absolute Gasteiger partial charge is 0.237 e. The topological polar surface area (TPSA) is 32.3 Å². The van der Waals surface area contributed by atoms with Gasteiger partial charge in [0, 0.05) is 17.0 Å². The minimum atomic E-state index is -0.257. The highest BCUT2D eigenvalue weighted by Crippen LogP contribution is 2.37. The summed E-state index contributed by atoms with van der Waals surface area (Å²) in [6.45, 7) is 7.14. The predicted octanol–water partition coefficient (Wildman–Crippen LogP) is 3.75. The van der Waals surface area contributed by atoms with E-state index in [9.17, 15) is 9.18 Å². The van der Waals surface area contributed by atoms with Gasteiger partial charge in [-0.1, -0.05) is 12.1 Å². The van der Waals surface area contributed by atoms with Crippen molar-refractivity contribution in [3.8, 4) is 0 Å². The van der Waals surface area contributed by atoms with Crippen LogP contribution in [0.2, 0.25) is 0 Å². The highest BCUT2D eigenvalue weighted by molar-refractivity contribution is 7.10. The summed E-state index contributed by atoms with van der Waals surface area (Å²) in [5.41, 5.74) is 2.02. The number of rotatable bonds is 3. The Labute approximate surface area is 146 Å². The highest BCUT2D eigenvalue weighted by Gasteiger charge is 2.32. The summed E-state index contributed by atoms with van der Waals surface area (Å²) in [4.78, 5) is 16.1. The number of carbonyl (C=O) groups is 1. The summed E-state index contributed by atoms with van der Waals surface area (Å²) in [6, 6.07) is 8.45. The van der Waals surface area contributed by atoms with Gasteiger partial charge in [0.25, 0.3) is 0 Å². The summed E-state index contributed by atoms with van der Waals surface area (Å²) in [6.07, 6.45) is 0.881. The zero-order valence-electron chi connectivity index (χ0n) is 14.3. The van der Waals surface area contributed by atoms with Gasteiger partial charge in [0.15, 0.2) is 0 Å². The van der Waals surface area contributed by atoms with Crippen molar-refractivity contribution < 1.29 is 9.18 Å². The minimum Gasteiger partial charge on any atom is -0.330 e. The molecular formula is C19H23FN2OS. The second kappa shape index (κ2) is 6.65. The number of halogens is 1. The lowest BCUT2D eigenvalue weighted by Crippen LogP contribution is -2.48. The highest BCUT2D eigenvalue weighted by atomic mass is 32.1. The van der Waals surface area contributed by atoms with E-state index in [1.807, 2.05) is 25.7 Å². The van der Waals surface area contributed by atoms with Crippen LogP contribution in [0.4, 0.5) is 4.39 Å². The van der Waals surface area contributed by atoms with Gasteiger partial charge in [0.1, 0.15) is 5.82 Å². The molecule has 0 saturated heterocycles. The monoisotopic (exact) mass is 346 g/mol. The fourth-order valence-electron chi connectivity index (χ4n) is 3.03. The van der Waals surface area contributed by atoms with Crippen LogP contribution in [0.1, 0.15) is 42.8 Å². The van der Waals surface area contributed by atoms with Crippen molar-refractivity contribution in [1.29, 1.82) is 0 Å². The lowest BCUT2D eigenvalue weighted by atomic mass is 9.93. The Kier molecular flexibility index (Phi) is 4.74. The first-order valence-electron chi connectivity index (χ1n) is 8.21. The van der Waals surface area contributed by atoms with Gasteiger partial charge in [0.2, 0.25) is 5.91 Å². The number of nitrogens with zero attached hydrogens (tertiary/aromatic N) is 1. The average molecular weight is 346 g/mol. The number of thiophene rings is 1. The van der Waals surface area contributed by atoms with E-state index >= 15 is 0 Å². The molecule has 0 bridgehead atoms. The summed E-state index contributed by atoms with van der Waals surface area (Å²) in [5, 5.41) is 5.34. The van der Waals surface area contributed by atoms with Crippen molar-refractivity contribution in [2.45, 2.75) is 38.8 Å². The number of benzene rings is 1. The molecule has 2 aromatic rings. The van der Waals surface area contributed by atoms with E-state index in [0.717, 1.165) is 12.0 Å².